The van der Waals surface area contributed by atoms with Gasteiger partial charge >= 0.3 is 0 Å². The van der Waals surface area contributed by atoms with Crippen molar-refractivity contribution in [2.45, 2.75) is 31.9 Å². The molecule has 4 rings (SSSR count). The molecule has 1 aliphatic heterocycles. The molecule has 0 bridgehead atoms. The molecule has 1 atom stereocenters. The van der Waals surface area contributed by atoms with Crippen molar-refractivity contribution in [3.05, 3.63) is 83.7 Å². The third kappa shape index (κ3) is 4.87. The first-order valence-corrected chi connectivity index (χ1v) is 9.83. The van der Waals surface area contributed by atoms with E-state index in [0.29, 0.717) is 18.5 Å². The molecule has 0 radical (unpaired) electrons. The van der Waals surface area contributed by atoms with E-state index >= 15 is 0 Å². The van der Waals surface area contributed by atoms with Gasteiger partial charge < -0.3 is 10.5 Å². The van der Waals surface area contributed by atoms with Gasteiger partial charge in [0, 0.05) is 25.2 Å². The van der Waals surface area contributed by atoms with Gasteiger partial charge in [-0.3, -0.25) is 4.90 Å². The van der Waals surface area contributed by atoms with Gasteiger partial charge in [0.2, 0.25) is 5.95 Å². The molecule has 0 saturated carbocycles. The Bertz CT molecular complexity index is 883. The Balaban J connectivity index is 1.32. The van der Waals surface area contributed by atoms with Gasteiger partial charge in [-0.15, -0.1) is 0 Å². The predicted octanol–water partition coefficient (Wildman–Crippen LogP) is 4.02. The van der Waals surface area contributed by atoms with Crippen LogP contribution in [0.3, 0.4) is 0 Å². The molecule has 1 fully saturated rings. The molecule has 3 aromatic rings. The van der Waals surface area contributed by atoms with Crippen LogP contribution in [0.1, 0.15) is 35.6 Å². The lowest BCUT2D eigenvalue weighted by Crippen LogP contribution is -2.34. The Morgan fingerprint density at radius 2 is 1.82 bits per heavy atom. The van der Waals surface area contributed by atoms with Gasteiger partial charge in [-0.25, -0.2) is 9.97 Å². The van der Waals surface area contributed by atoms with Gasteiger partial charge in [0.1, 0.15) is 12.4 Å². The van der Waals surface area contributed by atoms with Crippen molar-refractivity contribution in [3.8, 4) is 5.75 Å². The molecule has 1 aromatic heterocycles. The van der Waals surface area contributed by atoms with Crippen LogP contribution in [0.15, 0.2) is 66.9 Å². The fourth-order valence-electron chi connectivity index (χ4n) is 3.75. The van der Waals surface area contributed by atoms with Crippen LogP contribution < -0.4 is 10.5 Å². The Labute approximate surface area is 166 Å². The first-order chi connectivity index (χ1) is 13.8. The van der Waals surface area contributed by atoms with Gasteiger partial charge in [-0.05, 0) is 48.7 Å². The van der Waals surface area contributed by atoms with E-state index < -0.39 is 0 Å². The first kappa shape index (κ1) is 18.4. The Kier molecular flexibility index (Phi) is 5.83. The highest BCUT2D eigenvalue weighted by Crippen LogP contribution is 2.27. The minimum atomic E-state index is 0.362. The average molecular weight is 374 g/mol. The van der Waals surface area contributed by atoms with Gasteiger partial charge in [0.25, 0.3) is 0 Å². The summed E-state index contributed by atoms with van der Waals surface area (Å²) < 4.78 is 5.88. The number of nitrogen functional groups attached to an aromatic ring is 1. The molecule has 0 unspecified atom stereocenters. The Hall–Kier alpha value is -2.92. The van der Waals surface area contributed by atoms with Crippen LogP contribution in [-0.2, 0) is 13.2 Å². The second kappa shape index (κ2) is 8.85. The number of nitrogens with zero attached hydrogens (tertiary/aromatic N) is 3. The maximum atomic E-state index is 5.88. The standard InChI is InChI=1S/C23H26N4O/c24-23-25-13-12-22(26-23)20-7-4-14-27(16-20)15-18-8-10-21(11-9-18)28-17-19-5-2-1-3-6-19/h1-3,5-6,8-13,20H,4,7,14-17H2,(H2,24,25,26)/t20-/m1/s1. The van der Waals surface area contributed by atoms with Gasteiger partial charge in [0.15, 0.2) is 0 Å². The van der Waals surface area contributed by atoms with Crippen molar-refractivity contribution < 1.29 is 4.74 Å². The lowest BCUT2D eigenvalue weighted by Gasteiger charge is -2.32. The monoisotopic (exact) mass is 374 g/mol. The lowest BCUT2D eigenvalue weighted by molar-refractivity contribution is 0.198. The van der Waals surface area contributed by atoms with Crippen LogP contribution in [-0.4, -0.2) is 28.0 Å². The van der Waals surface area contributed by atoms with Crippen molar-refractivity contribution in [1.29, 1.82) is 0 Å². The Morgan fingerprint density at radius 3 is 2.61 bits per heavy atom. The highest BCUT2D eigenvalue weighted by atomic mass is 16.5. The van der Waals surface area contributed by atoms with Crippen LogP contribution in [0.2, 0.25) is 0 Å². The minimum Gasteiger partial charge on any atom is -0.489 e. The van der Waals surface area contributed by atoms with E-state index in [1.165, 1.54) is 17.5 Å². The lowest BCUT2D eigenvalue weighted by atomic mass is 9.94. The largest absolute Gasteiger partial charge is 0.489 e. The zero-order valence-corrected chi connectivity index (χ0v) is 16.0. The van der Waals surface area contributed by atoms with E-state index in [4.69, 9.17) is 10.5 Å². The molecule has 2 N–H and O–H groups in total. The molecular formula is C23H26N4O. The normalized spacial score (nSPS) is 17.4. The summed E-state index contributed by atoms with van der Waals surface area (Å²) in [5, 5.41) is 0. The number of ether oxygens (including phenoxy) is 1. The smallest absolute Gasteiger partial charge is 0.220 e. The van der Waals surface area contributed by atoms with E-state index in [1.807, 2.05) is 24.3 Å². The third-order valence-electron chi connectivity index (χ3n) is 5.20. The molecule has 1 aliphatic rings. The number of anilines is 1. The molecule has 5 heteroatoms. The van der Waals surface area contributed by atoms with Crippen molar-refractivity contribution >= 4 is 5.95 Å². The highest BCUT2D eigenvalue weighted by molar-refractivity contribution is 5.28. The summed E-state index contributed by atoms with van der Waals surface area (Å²) in [6.07, 6.45) is 4.08. The van der Waals surface area contributed by atoms with E-state index in [0.717, 1.165) is 37.5 Å². The number of hydrogen-bond acceptors (Lipinski definition) is 5. The summed E-state index contributed by atoms with van der Waals surface area (Å²) in [5.74, 6) is 1.69. The molecule has 5 nitrogen and oxygen atoms in total. The predicted molar refractivity (Wildman–Crippen MR) is 111 cm³/mol. The fourth-order valence-corrected chi connectivity index (χ4v) is 3.75. The third-order valence-corrected chi connectivity index (χ3v) is 5.20. The van der Waals surface area contributed by atoms with Crippen molar-refractivity contribution in [3.63, 3.8) is 0 Å². The molecule has 0 spiro atoms. The molecular weight excluding hydrogens is 348 g/mol. The number of benzene rings is 2. The summed E-state index contributed by atoms with van der Waals surface area (Å²) in [4.78, 5) is 10.9. The number of piperidine rings is 1. The van der Waals surface area contributed by atoms with Crippen LogP contribution in [0.25, 0.3) is 0 Å². The summed E-state index contributed by atoms with van der Waals surface area (Å²) in [7, 11) is 0. The van der Waals surface area contributed by atoms with Crippen molar-refractivity contribution in [1.82, 2.24) is 14.9 Å². The van der Waals surface area contributed by atoms with E-state index in [2.05, 4.69) is 51.3 Å². The zero-order chi connectivity index (χ0) is 19.2. The minimum absolute atomic E-state index is 0.362. The number of likely N-dealkylation sites (tertiary alicyclic amines) is 1. The van der Waals surface area contributed by atoms with Crippen molar-refractivity contribution in [2.24, 2.45) is 0 Å². The summed E-state index contributed by atoms with van der Waals surface area (Å²) in [6, 6.07) is 20.7. The van der Waals surface area contributed by atoms with Crippen molar-refractivity contribution in [2.75, 3.05) is 18.8 Å². The first-order valence-electron chi connectivity index (χ1n) is 9.83. The molecule has 2 heterocycles. The summed E-state index contributed by atoms with van der Waals surface area (Å²) in [6.45, 7) is 3.65. The molecule has 144 valence electrons. The Morgan fingerprint density at radius 1 is 1.00 bits per heavy atom. The molecule has 2 aromatic carbocycles. The van der Waals surface area contributed by atoms with E-state index in [-0.39, 0.29) is 0 Å². The van der Waals surface area contributed by atoms with E-state index in [9.17, 15) is 0 Å². The highest BCUT2D eigenvalue weighted by Gasteiger charge is 2.22. The zero-order valence-electron chi connectivity index (χ0n) is 16.0. The molecule has 28 heavy (non-hydrogen) atoms. The van der Waals surface area contributed by atoms with Crippen LogP contribution >= 0.6 is 0 Å². The van der Waals surface area contributed by atoms with Gasteiger partial charge in [-0.2, -0.15) is 0 Å². The second-order valence-corrected chi connectivity index (χ2v) is 7.33. The SMILES string of the molecule is Nc1nccc([C@@H]2CCCN(Cc3ccc(OCc4ccccc4)cc3)C2)n1. The molecule has 1 saturated heterocycles. The quantitative estimate of drug-likeness (QED) is 0.706. The maximum Gasteiger partial charge on any atom is 0.220 e. The molecule has 0 amide bonds. The maximum absolute atomic E-state index is 5.88. The number of hydrogen-bond donors (Lipinski definition) is 1. The topological polar surface area (TPSA) is 64.3 Å². The number of rotatable bonds is 6. The van der Waals surface area contributed by atoms with Crippen LogP contribution in [0.5, 0.6) is 5.75 Å². The van der Waals surface area contributed by atoms with Gasteiger partial charge in [0.05, 0.1) is 5.69 Å². The van der Waals surface area contributed by atoms with Gasteiger partial charge in [-0.1, -0.05) is 42.5 Å². The summed E-state index contributed by atoms with van der Waals surface area (Å²) in [5.41, 5.74) is 9.29. The second-order valence-electron chi connectivity index (χ2n) is 7.33. The summed E-state index contributed by atoms with van der Waals surface area (Å²) >= 11 is 0. The number of nitrogens with two attached hydrogens (primary N) is 1. The van der Waals surface area contributed by atoms with Crippen LogP contribution in [0, 0.1) is 0 Å². The number of aromatic nitrogens is 2. The molecule has 0 aliphatic carbocycles. The average Bonchev–Trinajstić information content (AvgIpc) is 2.74. The fraction of sp³-hybridized carbons (Fsp3) is 0.304. The van der Waals surface area contributed by atoms with Crippen LogP contribution in [0.4, 0.5) is 5.95 Å². The van der Waals surface area contributed by atoms with E-state index in [1.54, 1.807) is 6.20 Å².